The van der Waals surface area contributed by atoms with E-state index in [1.807, 2.05) is 13.0 Å². The summed E-state index contributed by atoms with van der Waals surface area (Å²) in [7, 11) is 0. The summed E-state index contributed by atoms with van der Waals surface area (Å²) >= 11 is 5.20. The van der Waals surface area contributed by atoms with Crippen LogP contribution in [0, 0.1) is 6.92 Å². The fourth-order valence-electron chi connectivity index (χ4n) is 2.05. The van der Waals surface area contributed by atoms with E-state index in [0.29, 0.717) is 6.79 Å². The van der Waals surface area contributed by atoms with Crippen LogP contribution in [0.1, 0.15) is 29.2 Å². The van der Waals surface area contributed by atoms with Crippen LogP contribution in [0.4, 0.5) is 0 Å². The number of rotatable bonds is 4. The molecule has 0 bridgehead atoms. The molecule has 1 aromatic heterocycles. The highest BCUT2D eigenvalue weighted by Gasteiger charge is 2.18. The smallest absolute Gasteiger partial charge is 0.231 e. The summed E-state index contributed by atoms with van der Waals surface area (Å²) < 4.78 is 11.7. The maximum atomic E-state index is 5.42. The molecule has 0 spiro atoms. The number of aryl methyl sites for hydroxylation is 1. The number of benzene rings is 1. The monoisotopic (exact) mass is 354 g/mol. The van der Waals surface area contributed by atoms with Gasteiger partial charge in [0.05, 0.1) is 10.5 Å². The molecule has 2 heterocycles. The first kappa shape index (κ1) is 13.9. The SMILES string of the molecule is Cc1csc(C(C)NCc2cc(Br)c3c(c2)OCO3)n1. The standard InChI is InChI=1S/C14H15BrN2O2S/c1-8-6-20-14(17-8)9(2)16-5-10-3-11(15)13-12(4-10)18-7-19-13/h3-4,6,9,16H,5,7H2,1-2H3. The molecule has 0 radical (unpaired) electrons. The lowest BCUT2D eigenvalue weighted by Gasteiger charge is -2.12. The highest BCUT2D eigenvalue weighted by atomic mass is 79.9. The van der Waals surface area contributed by atoms with Gasteiger partial charge < -0.3 is 14.8 Å². The van der Waals surface area contributed by atoms with Crippen LogP contribution >= 0.6 is 27.3 Å². The van der Waals surface area contributed by atoms with E-state index < -0.39 is 0 Å². The summed E-state index contributed by atoms with van der Waals surface area (Å²) in [6, 6.07) is 4.30. The first-order chi connectivity index (χ1) is 9.63. The summed E-state index contributed by atoms with van der Waals surface area (Å²) in [6.45, 7) is 5.19. The van der Waals surface area contributed by atoms with Gasteiger partial charge in [-0.3, -0.25) is 0 Å². The van der Waals surface area contributed by atoms with Gasteiger partial charge in [0, 0.05) is 17.6 Å². The zero-order valence-electron chi connectivity index (χ0n) is 11.3. The Morgan fingerprint density at radius 3 is 3.05 bits per heavy atom. The molecule has 1 atom stereocenters. The van der Waals surface area contributed by atoms with Gasteiger partial charge in [-0.25, -0.2) is 4.98 Å². The van der Waals surface area contributed by atoms with Crippen molar-refractivity contribution >= 4 is 27.3 Å². The number of aromatic nitrogens is 1. The van der Waals surface area contributed by atoms with E-state index in [4.69, 9.17) is 9.47 Å². The summed E-state index contributed by atoms with van der Waals surface area (Å²) in [6.07, 6.45) is 0. The first-order valence-corrected chi connectivity index (χ1v) is 8.04. The molecule has 0 saturated heterocycles. The van der Waals surface area contributed by atoms with Crippen LogP contribution in [0.5, 0.6) is 11.5 Å². The van der Waals surface area contributed by atoms with Crippen LogP contribution in [-0.4, -0.2) is 11.8 Å². The van der Waals surface area contributed by atoms with Crippen LogP contribution in [0.3, 0.4) is 0 Å². The first-order valence-electron chi connectivity index (χ1n) is 6.37. The van der Waals surface area contributed by atoms with Gasteiger partial charge in [-0.15, -0.1) is 11.3 Å². The van der Waals surface area contributed by atoms with E-state index in [-0.39, 0.29) is 6.04 Å². The van der Waals surface area contributed by atoms with Gasteiger partial charge in [-0.05, 0) is 47.5 Å². The molecule has 4 nitrogen and oxygen atoms in total. The number of thiazole rings is 1. The summed E-state index contributed by atoms with van der Waals surface area (Å²) in [5.41, 5.74) is 2.23. The lowest BCUT2D eigenvalue weighted by Crippen LogP contribution is -2.18. The molecule has 1 N–H and O–H groups in total. The minimum atomic E-state index is 0.234. The van der Waals surface area contributed by atoms with E-state index in [9.17, 15) is 0 Å². The summed E-state index contributed by atoms with van der Waals surface area (Å²) in [5.74, 6) is 1.59. The second kappa shape index (κ2) is 5.71. The number of nitrogens with zero attached hydrogens (tertiary/aromatic N) is 1. The maximum absolute atomic E-state index is 5.42. The van der Waals surface area contributed by atoms with E-state index in [1.165, 1.54) is 0 Å². The van der Waals surface area contributed by atoms with Crippen LogP contribution < -0.4 is 14.8 Å². The van der Waals surface area contributed by atoms with Gasteiger partial charge in [0.1, 0.15) is 5.01 Å². The number of hydrogen-bond donors (Lipinski definition) is 1. The Morgan fingerprint density at radius 2 is 2.30 bits per heavy atom. The Bertz CT molecular complexity index is 630. The average Bonchev–Trinajstić information content (AvgIpc) is 3.04. The van der Waals surface area contributed by atoms with Gasteiger partial charge in [-0.2, -0.15) is 0 Å². The third-order valence-electron chi connectivity index (χ3n) is 3.11. The lowest BCUT2D eigenvalue weighted by atomic mass is 10.2. The fourth-order valence-corrected chi connectivity index (χ4v) is 3.48. The number of ether oxygens (including phenoxy) is 2. The molecule has 0 saturated carbocycles. The van der Waals surface area contributed by atoms with Crippen LogP contribution in [0.25, 0.3) is 0 Å². The zero-order chi connectivity index (χ0) is 14.1. The highest BCUT2D eigenvalue weighted by molar-refractivity contribution is 9.10. The number of halogens is 1. The molecule has 6 heteroatoms. The van der Waals surface area contributed by atoms with Crippen LogP contribution in [-0.2, 0) is 6.54 Å². The molecule has 106 valence electrons. The molecule has 1 unspecified atom stereocenters. The van der Waals surface area contributed by atoms with E-state index >= 15 is 0 Å². The fraction of sp³-hybridized carbons (Fsp3) is 0.357. The van der Waals surface area contributed by atoms with Crippen molar-refractivity contribution in [3.05, 3.63) is 38.3 Å². The molecule has 0 aliphatic carbocycles. The highest BCUT2D eigenvalue weighted by Crippen LogP contribution is 2.40. The Balaban J connectivity index is 1.68. The Kier molecular flexibility index (Phi) is 3.96. The minimum absolute atomic E-state index is 0.234. The summed E-state index contributed by atoms with van der Waals surface area (Å²) in [4.78, 5) is 4.50. The van der Waals surface area contributed by atoms with Crippen molar-refractivity contribution in [1.29, 1.82) is 0 Å². The van der Waals surface area contributed by atoms with E-state index in [2.05, 4.69) is 44.6 Å². The molecule has 2 aromatic rings. The number of nitrogens with one attached hydrogen (secondary N) is 1. The Morgan fingerprint density at radius 1 is 1.45 bits per heavy atom. The summed E-state index contributed by atoms with van der Waals surface area (Å²) in [5, 5.41) is 6.66. The van der Waals surface area contributed by atoms with Crippen LogP contribution in [0.2, 0.25) is 0 Å². The largest absolute Gasteiger partial charge is 0.454 e. The van der Waals surface area contributed by atoms with E-state index in [0.717, 1.165) is 38.8 Å². The molecule has 0 amide bonds. The second-order valence-electron chi connectivity index (χ2n) is 4.74. The molecule has 1 aliphatic rings. The molecule has 1 aromatic carbocycles. The Hall–Kier alpha value is -1.11. The number of hydrogen-bond acceptors (Lipinski definition) is 5. The number of fused-ring (bicyclic) bond motifs is 1. The molecule has 1 aliphatic heterocycles. The average molecular weight is 355 g/mol. The third-order valence-corrected chi connectivity index (χ3v) is 4.84. The van der Waals surface area contributed by atoms with Gasteiger partial charge >= 0.3 is 0 Å². The van der Waals surface area contributed by atoms with Crippen LogP contribution in [0.15, 0.2) is 22.0 Å². The van der Waals surface area contributed by atoms with Gasteiger partial charge in [0.25, 0.3) is 0 Å². The predicted molar refractivity (Wildman–Crippen MR) is 82.4 cm³/mol. The quantitative estimate of drug-likeness (QED) is 0.906. The molecule has 20 heavy (non-hydrogen) atoms. The van der Waals surface area contributed by atoms with Crippen molar-refractivity contribution < 1.29 is 9.47 Å². The van der Waals surface area contributed by atoms with Gasteiger partial charge in [0.15, 0.2) is 11.5 Å². The van der Waals surface area contributed by atoms with Gasteiger partial charge in [-0.1, -0.05) is 0 Å². The third kappa shape index (κ3) is 2.82. The maximum Gasteiger partial charge on any atom is 0.231 e. The minimum Gasteiger partial charge on any atom is -0.454 e. The topological polar surface area (TPSA) is 43.4 Å². The lowest BCUT2D eigenvalue weighted by molar-refractivity contribution is 0.173. The van der Waals surface area contributed by atoms with Gasteiger partial charge in [0.2, 0.25) is 6.79 Å². The van der Waals surface area contributed by atoms with Crippen molar-refractivity contribution in [3.63, 3.8) is 0 Å². The molecule has 0 fully saturated rings. The van der Waals surface area contributed by atoms with E-state index in [1.54, 1.807) is 11.3 Å². The second-order valence-corrected chi connectivity index (χ2v) is 6.49. The van der Waals surface area contributed by atoms with Crippen molar-refractivity contribution in [2.24, 2.45) is 0 Å². The zero-order valence-corrected chi connectivity index (χ0v) is 13.7. The van der Waals surface area contributed by atoms with Crippen molar-refractivity contribution in [1.82, 2.24) is 10.3 Å². The van der Waals surface area contributed by atoms with Crippen molar-refractivity contribution in [2.75, 3.05) is 6.79 Å². The molecular formula is C14H15BrN2O2S. The predicted octanol–water partition coefficient (Wildman–Crippen LogP) is 3.79. The molecular weight excluding hydrogens is 340 g/mol. The molecule has 3 rings (SSSR count). The Labute approximate surface area is 130 Å². The van der Waals surface area contributed by atoms with Crippen molar-refractivity contribution in [3.8, 4) is 11.5 Å². The van der Waals surface area contributed by atoms with Crippen molar-refractivity contribution in [2.45, 2.75) is 26.4 Å². The normalized spacial score (nSPS) is 14.6.